The van der Waals surface area contributed by atoms with Crippen molar-refractivity contribution in [3.8, 4) is 0 Å². The molecular formula is C12H14FN3OS. The number of aliphatic hydroxyl groups excluding tert-OH is 1. The Hall–Kier alpha value is -1.40. The van der Waals surface area contributed by atoms with Crippen molar-refractivity contribution in [2.45, 2.75) is 32.3 Å². The molecule has 0 radical (unpaired) electrons. The average Bonchev–Trinajstić information content (AvgIpc) is 2.77. The summed E-state index contributed by atoms with van der Waals surface area (Å²) < 4.78 is 17.5. The largest absolute Gasteiger partial charge is 0.383 e. The third kappa shape index (κ3) is 2.39. The van der Waals surface area contributed by atoms with Crippen molar-refractivity contribution in [3.63, 3.8) is 0 Å². The van der Waals surface area contributed by atoms with Gasteiger partial charge in [-0.25, -0.2) is 4.39 Å². The summed E-state index contributed by atoms with van der Waals surface area (Å²) in [7, 11) is 0. The van der Waals surface area contributed by atoms with Gasteiger partial charge in [-0.3, -0.25) is 4.98 Å². The average molecular weight is 267 g/mol. The van der Waals surface area contributed by atoms with Gasteiger partial charge in [0.2, 0.25) is 0 Å². The second kappa shape index (κ2) is 4.70. The maximum absolute atomic E-state index is 13.6. The van der Waals surface area contributed by atoms with Gasteiger partial charge in [0.1, 0.15) is 11.9 Å². The number of nitrogens with zero attached hydrogens (tertiary/aromatic N) is 3. The zero-order valence-corrected chi connectivity index (χ0v) is 11.2. The normalized spacial score (nSPS) is 13.6. The van der Waals surface area contributed by atoms with E-state index < -0.39 is 11.9 Å². The summed E-state index contributed by atoms with van der Waals surface area (Å²) in [6.07, 6.45) is 1.48. The van der Waals surface area contributed by atoms with E-state index in [-0.39, 0.29) is 11.0 Å². The molecule has 0 aliphatic rings. The molecule has 1 N–H and O–H groups in total. The van der Waals surface area contributed by atoms with Crippen molar-refractivity contribution in [3.05, 3.63) is 40.4 Å². The molecular weight excluding hydrogens is 253 g/mol. The van der Waals surface area contributed by atoms with Crippen molar-refractivity contribution >= 4 is 11.5 Å². The Morgan fingerprint density at radius 2 is 2.11 bits per heavy atom. The minimum absolute atomic E-state index is 0.196. The minimum Gasteiger partial charge on any atom is -0.383 e. The van der Waals surface area contributed by atoms with Crippen LogP contribution in [0, 0.1) is 5.82 Å². The summed E-state index contributed by atoms with van der Waals surface area (Å²) in [5.74, 6) is -0.529. The van der Waals surface area contributed by atoms with E-state index in [1.54, 1.807) is 0 Å². The minimum atomic E-state index is -1.05. The van der Waals surface area contributed by atoms with Crippen LogP contribution in [-0.4, -0.2) is 19.7 Å². The number of rotatable bonds is 2. The first kappa shape index (κ1) is 13.0. The second-order valence-corrected chi connectivity index (χ2v) is 5.82. The number of hydrogen-bond donors (Lipinski definition) is 1. The van der Waals surface area contributed by atoms with Gasteiger partial charge in [0.25, 0.3) is 0 Å². The van der Waals surface area contributed by atoms with Crippen LogP contribution in [0.5, 0.6) is 0 Å². The Morgan fingerprint density at radius 3 is 2.72 bits per heavy atom. The van der Waals surface area contributed by atoms with Gasteiger partial charge >= 0.3 is 0 Å². The van der Waals surface area contributed by atoms with Crippen LogP contribution in [0.1, 0.15) is 43.0 Å². The van der Waals surface area contributed by atoms with Gasteiger partial charge in [0, 0.05) is 17.2 Å². The Kier molecular flexibility index (Phi) is 3.41. The van der Waals surface area contributed by atoms with E-state index in [4.69, 9.17) is 0 Å². The Bertz CT molecular complexity index is 550. The molecule has 1 atom stereocenters. The van der Waals surface area contributed by atoms with E-state index in [1.165, 1.54) is 12.3 Å². The van der Waals surface area contributed by atoms with Gasteiger partial charge in [-0.05, 0) is 17.6 Å². The maximum Gasteiger partial charge on any atom is 0.147 e. The molecule has 2 heterocycles. The van der Waals surface area contributed by atoms with E-state index in [1.807, 2.05) is 20.8 Å². The summed E-state index contributed by atoms with van der Waals surface area (Å²) >= 11 is 1.09. The van der Waals surface area contributed by atoms with Crippen molar-refractivity contribution in [2.24, 2.45) is 0 Å². The number of hydrogen-bond acceptors (Lipinski definition) is 5. The standard InChI is InChI=1S/C12H14FN3OS/c1-12(2,3)11-10(18-16-15-11)9(17)7-4-5-14-6-8(7)13/h4-6,9,17H,1-3H3. The molecule has 0 fully saturated rings. The van der Waals surface area contributed by atoms with Crippen LogP contribution in [0.15, 0.2) is 18.5 Å². The fourth-order valence-corrected chi connectivity index (χ4v) is 2.52. The zero-order valence-electron chi connectivity index (χ0n) is 10.4. The molecule has 0 aromatic carbocycles. The highest BCUT2D eigenvalue weighted by Gasteiger charge is 2.28. The van der Waals surface area contributed by atoms with E-state index in [0.29, 0.717) is 10.6 Å². The quantitative estimate of drug-likeness (QED) is 0.908. The molecule has 0 saturated heterocycles. The first-order valence-corrected chi connectivity index (χ1v) is 6.29. The van der Waals surface area contributed by atoms with Crippen LogP contribution in [0.3, 0.4) is 0 Å². The van der Waals surface area contributed by atoms with Crippen LogP contribution < -0.4 is 0 Å². The van der Waals surface area contributed by atoms with Gasteiger partial charge in [-0.2, -0.15) is 0 Å². The zero-order chi connectivity index (χ0) is 13.3. The highest BCUT2D eigenvalue weighted by Crippen LogP contribution is 2.34. The Balaban J connectivity index is 2.45. The molecule has 96 valence electrons. The van der Waals surface area contributed by atoms with Crippen molar-refractivity contribution in [2.75, 3.05) is 0 Å². The van der Waals surface area contributed by atoms with E-state index in [0.717, 1.165) is 17.7 Å². The summed E-state index contributed by atoms with van der Waals surface area (Å²) in [4.78, 5) is 4.24. The molecule has 1 unspecified atom stereocenters. The van der Waals surface area contributed by atoms with Crippen molar-refractivity contribution in [1.82, 2.24) is 14.6 Å². The van der Waals surface area contributed by atoms with Crippen molar-refractivity contribution < 1.29 is 9.50 Å². The lowest BCUT2D eigenvalue weighted by Crippen LogP contribution is -2.16. The van der Waals surface area contributed by atoms with Gasteiger partial charge < -0.3 is 5.11 Å². The monoisotopic (exact) mass is 267 g/mol. The van der Waals surface area contributed by atoms with E-state index >= 15 is 0 Å². The molecule has 18 heavy (non-hydrogen) atoms. The molecule has 4 nitrogen and oxygen atoms in total. The molecule has 0 aliphatic carbocycles. The lowest BCUT2D eigenvalue weighted by Gasteiger charge is -2.19. The molecule has 0 saturated carbocycles. The van der Waals surface area contributed by atoms with Gasteiger partial charge in [-0.15, -0.1) is 5.10 Å². The molecule has 0 aliphatic heterocycles. The smallest absolute Gasteiger partial charge is 0.147 e. The summed E-state index contributed by atoms with van der Waals surface area (Å²) in [5.41, 5.74) is 0.644. The molecule has 2 rings (SSSR count). The number of aliphatic hydroxyl groups is 1. The van der Waals surface area contributed by atoms with Crippen LogP contribution in [0.2, 0.25) is 0 Å². The first-order valence-electron chi connectivity index (χ1n) is 5.51. The fraction of sp³-hybridized carbons (Fsp3) is 0.417. The molecule has 0 bridgehead atoms. The number of pyridine rings is 1. The van der Waals surface area contributed by atoms with Crippen LogP contribution in [0.4, 0.5) is 4.39 Å². The highest BCUT2D eigenvalue weighted by molar-refractivity contribution is 7.05. The predicted octanol–water partition coefficient (Wildman–Crippen LogP) is 2.45. The molecule has 6 heteroatoms. The third-order valence-electron chi connectivity index (χ3n) is 2.57. The van der Waals surface area contributed by atoms with Crippen molar-refractivity contribution in [1.29, 1.82) is 0 Å². The Labute approximate surface area is 109 Å². The summed E-state index contributed by atoms with van der Waals surface area (Å²) in [6, 6.07) is 1.46. The van der Waals surface area contributed by atoms with E-state index in [2.05, 4.69) is 14.6 Å². The van der Waals surface area contributed by atoms with E-state index in [9.17, 15) is 9.50 Å². The molecule has 2 aromatic rings. The molecule has 0 spiro atoms. The first-order chi connectivity index (χ1) is 8.41. The lowest BCUT2D eigenvalue weighted by molar-refractivity contribution is 0.215. The number of aromatic nitrogens is 3. The fourth-order valence-electron chi connectivity index (χ4n) is 1.65. The number of halogens is 1. The SMILES string of the molecule is CC(C)(C)c1nnsc1C(O)c1ccncc1F. The van der Waals surface area contributed by atoms with Crippen LogP contribution in [0.25, 0.3) is 0 Å². The van der Waals surface area contributed by atoms with Gasteiger partial charge in [-0.1, -0.05) is 25.3 Å². The van der Waals surface area contributed by atoms with Crippen LogP contribution in [-0.2, 0) is 5.41 Å². The lowest BCUT2D eigenvalue weighted by atomic mass is 9.89. The molecule has 2 aromatic heterocycles. The topological polar surface area (TPSA) is 58.9 Å². The third-order valence-corrected chi connectivity index (χ3v) is 3.35. The van der Waals surface area contributed by atoms with Gasteiger partial charge in [0.05, 0.1) is 16.8 Å². The summed E-state index contributed by atoms with van der Waals surface area (Å²) in [6.45, 7) is 5.93. The van der Waals surface area contributed by atoms with Gasteiger partial charge in [0.15, 0.2) is 0 Å². The second-order valence-electron chi connectivity index (χ2n) is 5.04. The van der Waals surface area contributed by atoms with Crippen LogP contribution >= 0.6 is 11.5 Å². The Morgan fingerprint density at radius 1 is 1.39 bits per heavy atom. The molecule has 0 amide bonds. The highest BCUT2D eigenvalue weighted by atomic mass is 32.1. The predicted molar refractivity (Wildman–Crippen MR) is 66.9 cm³/mol. The maximum atomic E-state index is 13.6. The summed E-state index contributed by atoms with van der Waals surface area (Å²) in [5, 5.41) is 14.3.